The monoisotopic (exact) mass is 431 g/mol. The largest absolute Gasteiger partial charge is 0.507 e. The molecule has 4 nitrogen and oxygen atoms in total. The van der Waals surface area contributed by atoms with Crippen molar-refractivity contribution in [2.45, 2.75) is 26.2 Å². The van der Waals surface area contributed by atoms with E-state index in [1.54, 1.807) is 6.07 Å². The Labute approximate surface area is 193 Å². The quantitative estimate of drug-likeness (QED) is 0.333. The zero-order valence-corrected chi connectivity index (χ0v) is 18.9. The van der Waals surface area contributed by atoms with Crippen LogP contribution in [0.5, 0.6) is 5.75 Å². The van der Waals surface area contributed by atoms with Gasteiger partial charge in [-0.25, -0.2) is 15.0 Å². The Morgan fingerprint density at radius 3 is 1.70 bits per heavy atom. The number of hydrogen-bond acceptors (Lipinski definition) is 4. The Balaban J connectivity index is 1.77. The second-order valence-corrected chi connectivity index (χ2v) is 9.18. The molecule has 33 heavy (non-hydrogen) atoms. The molecule has 5 aromatic rings. The molecular weight excluding hydrogens is 406 g/mol. The minimum Gasteiger partial charge on any atom is -0.507 e. The summed E-state index contributed by atoms with van der Waals surface area (Å²) in [6.07, 6.45) is 0. The summed E-state index contributed by atoms with van der Waals surface area (Å²) in [7, 11) is 0. The topological polar surface area (TPSA) is 58.9 Å². The molecule has 0 amide bonds. The summed E-state index contributed by atoms with van der Waals surface area (Å²) in [5, 5.41) is 12.9. The molecule has 0 aliphatic carbocycles. The molecule has 0 fully saturated rings. The minimum absolute atomic E-state index is 0.0281. The molecule has 5 rings (SSSR count). The maximum absolute atomic E-state index is 10.9. The first kappa shape index (κ1) is 20.8. The van der Waals surface area contributed by atoms with Crippen LogP contribution >= 0.6 is 0 Å². The Morgan fingerprint density at radius 1 is 0.606 bits per heavy atom. The molecule has 0 radical (unpaired) electrons. The maximum Gasteiger partial charge on any atom is 0.168 e. The lowest BCUT2D eigenvalue weighted by Gasteiger charge is -2.20. The molecule has 0 atom stereocenters. The maximum atomic E-state index is 10.9. The highest BCUT2D eigenvalue weighted by Crippen LogP contribution is 2.37. The first-order chi connectivity index (χ1) is 15.9. The molecule has 0 saturated carbocycles. The van der Waals surface area contributed by atoms with Gasteiger partial charge in [-0.15, -0.1) is 0 Å². The van der Waals surface area contributed by atoms with E-state index in [-0.39, 0.29) is 11.2 Å². The molecule has 4 aromatic carbocycles. The lowest BCUT2D eigenvalue weighted by Crippen LogP contribution is -2.10. The van der Waals surface area contributed by atoms with Gasteiger partial charge in [0.1, 0.15) is 5.75 Å². The number of fused-ring (bicyclic) bond motifs is 1. The Kier molecular flexibility index (Phi) is 5.14. The molecule has 1 heterocycles. The van der Waals surface area contributed by atoms with Crippen LogP contribution in [0.2, 0.25) is 0 Å². The Morgan fingerprint density at radius 2 is 1.15 bits per heavy atom. The number of rotatable bonds is 3. The standard InChI is InChI=1S/C29H25N3O/c1-29(2,3)22-15-16-23-21(18-22)14-17-24(33)25(23)28-31-26(19-10-6-4-7-11-19)30-27(32-28)20-12-8-5-9-13-20/h4-18,33H,1-3H3. The fraction of sp³-hybridized carbons (Fsp3) is 0.138. The average molecular weight is 432 g/mol. The van der Waals surface area contributed by atoms with Gasteiger partial charge in [-0.2, -0.15) is 0 Å². The zero-order valence-electron chi connectivity index (χ0n) is 18.9. The minimum atomic E-state index is 0.0281. The first-order valence-corrected chi connectivity index (χ1v) is 11.0. The number of aromatic nitrogens is 3. The molecule has 0 bridgehead atoms. The van der Waals surface area contributed by atoms with Crippen molar-refractivity contribution in [2.24, 2.45) is 0 Å². The highest BCUT2D eigenvalue weighted by molar-refractivity contribution is 5.98. The van der Waals surface area contributed by atoms with Gasteiger partial charge in [0.15, 0.2) is 17.5 Å². The van der Waals surface area contributed by atoms with Crippen molar-refractivity contribution in [3.05, 3.63) is 96.6 Å². The fourth-order valence-corrected chi connectivity index (χ4v) is 3.94. The van der Waals surface area contributed by atoms with E-state index >= 15 is 0 Å². The second-order valence-electron chi connectivity index (χ2n) is 9.18. The van der Waals surface area contributed by atoms with E-state index in [9.17, 15) is 5.11 Å². The highest BCUT2D eigenvalue weighted by Gasteiger charge is 2.19. The number of aromatic hydroxyl groups is 1. The predicted molar refractivity (Wildman–Crippen MR) is 134 cm³/mol. The van der Waals surface area contributed by atoms with Gasteiger partial charge in [-0.3, -0.25) is 0 Å². The third kappa shape index (κ3) is 4.08. The molecule has 0 unspecified atom stereocenters. The highest BCUT2D eigenvalue weighted by atomic mass is 16.3. The molecular formula is C29H25N3O. The van der Waals surface area contributed by atoms with Crippen LogP contribution in [0.4, 0.5) is 0 Å². The number of nitrogens with zero attached hydrogens (tertiary/aromatic N) is 3. The van der Waals surface area contributed by atoms with E-state index in [1.165, 1.54) is 5.56 Å². The van der Waals surface area contributed by atoms with Gasteiger partial charge in [-0.05, 0) is 27.8 Å². The molecule has 0 spiro atoms. The number of hydrogen-bond donors (Lipinski definition) is 1. The van der Waals surface area contributed by atoms with Crippen LogP contribution in [0.15, 0.2) is 91.0 Å². The summed E-state index contributed by atoms with van der Waals surface area (Å²) in [4.78, 5) is 14.4. The summed E-state index contributed by atoms with van der Waals surface area (Å²) < 4.78 is 0. The van der Waals surface area contributed by atoms with Crippen LogP contribution in [-0.2, 0) is 5.41 Å². The van der Waals surface area contributed by atoms with Crippen molar-refractivity contribution in [1.29, 1.82) is 0 Å². The zero-order chi connectivity index (χ0) is 23.0. The van der Waals surface area contributed by atoms with Crippen LogP contribution < -0.4 is 0 Å². The summed E-state index contributed by atoms with van der Waals surface area (Å²) in [6, 6.07) is 29.7. The summed E-state index contributed by atoms with van der Waals surface area (Å²) in [6.45, 7) is 6.58. The van der Waals surface area contributed by atoms with Crippen molar-refractivity contribution in [3.8, 4) is 39.9 Å². The molecule has 4 heteroatoms. The lowest BCUT2D eigenvalue weighted by molar-refractivity contribution is 0.477. The summed E-state index contributed by atoms with van der Waals surface area (Å²) in [5.74, 6) is 1.74. The normalized spacial score (nSPS) is 11.6. The molecule has 0 aliphatic rings. The van der Waals surface area contributed by atoms with Gasteiger partial charge in [0.2, 0.25) is 0 Å². The summed E-state index contributed by atoms with van der Waals surface area (Å²) >= 11 is 0. The van der Waals surface area contributed by atoms with E-state index in [0.717, 1.165) is 21.9 Å². The number of benzene rings is 4. The number of phenols is 1. The van der Waals surface area contributed by atoms with E-state index < -0.39 is 0 Å². The van der Waals surface area contributed by atoms with Crippen molar-refractivity contribution in [1.82, 2.24) is 15.0 Å². The van der Waals surface area contributed by atoms with E-state index in [1.807, 2.05) is 66.7 Å². The fourth-order valence-electron chi connectivity index (χ4n) is 3.94. The molecule has 1 aromatic heterocycles. The summed E-state index contributed by atoms with van der Waals surface area (Å²) in [5.41, 5.74) is 3.67. The first-order valence-electron chi connectivity index (χ1n) is 11.0. The molecule has 0 saturated heterocycles. The van der Waals surface area contributed by atoms with E-state index in [2.05, 4.69) is 39.0 Å². The number of phenolic OH excluding ortho intramolecular Hbond substituents is 1. The van der Waals surface area contributed by atoms with Gasteiger partial charge < -0.3 is 5.11 Å². The SMILES string of the molecule is CC(C)(C)c1ccc2c(-c3nc(-c4ccccc4)nc(-c4ccccc4)n3)c(O)ccc2c1. The van der Waals surface area contributed by atoms with Crippen molar-refractivity contribution < 1.29 is 5.11 Å². The average Bonchev–Trinajstić information content (AvgIpc) is 2.84. The van der Waals surface area contributed by atoms with Crippen molar-refractivity contribution in [2.75, 3.05) is 0 Å². The smallest absolute Gasteiger partial charge is 0.168 e. The van der Waals surface area contributed by atoms with Crippen LogP contribution in [0.3, 0.4) is 0 Å². The molecule has 0 aliphatic heterocycles. The van der Waals surface area contributed by atoms with Gasteiger partial charge in [0.25, 0.3) is 0 Å². The van der Waals surface area contributed by atoms with Crippen molar-refractivity contribution in [3.63, 3.8) is 0 Å². The van der Waals surface area contributed by atoms with Crippen molar-refractivity contribution >= 4 is 10.8 Å². The Hall–Kier alpha value is -4.05. The van der Waals surface area contributed by atoms with Gasteiger partial charge in [-0.1, -0.05) is 106 Å². The third-order valence-corrected chi connectivity index (χ3v) is 5.79. The van der Waals surface area contributed by atoms with Gasteiger partial charge >= 0.3 is 0 Å². The Bertz CT molecular complexity index is 1380. The third-order valence-electron chi connectivity index (χ3n) is 5.79. The second kappa shape index (κ2) is 8.14. The lowest BCUT2D eigenvalue weighted by atomic mass is 9.85. The van der Waals surface area contributed by atoms with Gasteiger partial charge in [0.05, 0.1) is 5.56 Å². The van der Waals surface area contributed by atoms with Crippen LogP contribution in [0, 0.1) is 0 Å². The van der Waals surface area contributed by atoms with Gasteiger partial charge in [0, 0.05) is 11.1 Å². The molecule has 162 valence electrons. The van der Waals surface area contributed by atoms with Crippen LogP contribution in [0.25, 0.3) is 44.9 Å². The van der Waals surface area contributed by atoms with Crippen LogP contribution in [-0.4, -0.2) is 20.1 Å². The predicted octanol–water partition coefficient (Wildman–Crippen LogP) is 7.03. The van der Waals surface area contributed by atoms with E-state index in [0.29, 0.717) is 23.0 Å². The van der Waals surface area contributed by atoms with Crippen LogP contribution in [0.1, 0.15) is 26.3 Å². The molecule has 1 N–H and O–H groups in total. The van der Waals surface area contributed by atoms with E-state index in [4.69, 9.17) is 15.0 Å².